The molecule has 26 heavy (non-hydrogen) atoms. The summed E-state index contributed by atoms with van der Waals surface area (Å²) in [7, 11) is 0. The van der Waals surface area contributed by atoms with E-state index < -0.39 is 0 Å². The lowest BCUT2D eigenvalue weighted by molar-refractivity contribution is -0.131. The zero-order valence-electron chi connectivity index (χ0n) is 15.2. The number of halogens is 1. The quantitative estimate of drug-likeness (QED) is 0.393. The van der Waals surface area contributed by atoms with Crippen LogP contribution in [0.25, 0.3) is 10.8 Å². The van der Waals surface area contributed by atoms with E-state index in [0.717, 1.165) is 29.3 Å². The van der Waals surface area contributed by atoms with Crippen LogP contribution in [0.2, 0.25) is 0 Å². The summed E-state index contributed by atoms with van der Waals surface area (Å²) >= 11 is 1.77. The first kappa shape index (κ1) is 20.3. The molecule has 3 rings (SSSR count). The Kier molecular flexibility index (Phi) is 6.68. The molecule has 1 unspecified atom stereocenters. The Labute approximate surface area is 164 Å². The van der Waals surface area contributed by atoms with Crippen molar-refractivity contribution in [1.29, 1.82) is 0 Å². The van der Waals surface area contributed by atoms with Crippen LogP contribution in [0.15, 0.2) is 53.9 Å². The predicted octanol–water partition coefficient (Wildman–Crippen LogP) is 6.38. The maximum atomic E-state index is 11.4. The molecule has 0 amide bonds. The molecule has 0 bridgehead atoms. The number of hydrogen-bond acceptors (Lipinski definition) is 4. The zero-order chi connectivity index (χ0) is 17.9. The molecule has 0 aliphatic heterocycles. The lowest BCUT2D eigenvalue weighted by atomic mass is 9.93. The van der Waals surface area contributed by atoms with Crippen LogP contribution in [0.5, 0.6) is 5.75 Å². The summed E-state index contributed by atoms with van der Waals surface area (Å²) in [5, 5.41) is 7.86. The van der Waals surface area contributed by atoms with Crippen molar-refractivity contribution in [2.24, 2.45) is 0 Å². The number of hydrogen-bond donors (Lipinski definition) is 1. The lowest BCUT2D eigenvalue weighted by Gasteiger charge is -2.31. The van der Waals surface area contributed by atoms with Crippen molar-refractivity contribution >= 4 is 46.2 Å². The van der Waals surface area contributed by atoms with Crippen LogP contribution in [-0.4, -0.2) is 5.97 Å². The first-order chi connectivity index (χ1) is 12.0. The van der Waals surface area contributed by atoms with Crippen molar-refractivity contribution in [3.8, 4) is 5.75 Å². The van der Waals surface area contributed by atoms with Gasteiger partial charge in [0.2, 0.25) is 0 Å². The van der Waals surface area contributed by atoms with Gasteiger partial charge in [-0.05, 0) is 36.9 Å². The summed E-state index contributed by atoms with van der Waals surface area (Å²) in [6, 6.07) is 16.2. The number of thiophene rings is 1. The van der Waals surface area contributed by atoms with Crippen molar-refractivity contribution in [2.45, 2.75) is 39.2 Å². The van der Waals surface area contributed by atoms with Crippen molar-refractivity contribution in [3.63, 3.8) is 0 Å². The smallest absolute Gasteiger partial charge is 0.308 e. The zero-order valence-corrected chi connectivity index (χ0v) is 16.9. The third-order valence-corrected chi connectivity index (χ3v) is 5.50. The first-order valence-corrected chi connectivity index (χ1v) is 9.44. The van der Waals surface area contributed by atoms with Crippen molar-refractivity contribution in [2.75, 3.05) is 5.32 Å². The number of carbonyl (C=O) groups is 1. The SMILES string of the molecule is CCCC(C)(Nc1cccc2c(OC(C)=O)cccc12)c1cccs1.Cl. The summed E-state index contributed by atoms with van der Waals surface area (Å²) in [6.45, 7) is 5.88. The van der Waals surface area contributed by atoms with E-state index in [4.69, 9.17) is 4.74 Å². The van der Waals surface area contributed by atoms with E-state index in [2.05, 4.69) is 48.8 Å². The Bertz CT molecular complexity index is 879. The van der Waals surface area contributed by atoms with Gasteiger partial charge in [-0.15, -0.1) is 23.7 Å². The van der Waals surface area contributed by atoms with Gasteiger partial charge in [-0.1, -0.05) is 43.7 Å². The minimum absolute atomic E-state index is 0. The topological polar surface area (TPSA) is 38.3 Å². The molecule has 1 aromatic heterocycles. The molecule has 0 saturated carbocycles. The number of fused-ring (bicyclic) bond motifs is 1. The monoisotopic (exact) mass is 389 g/mol. The average Bonchev–Trinajstić information content (AvgIpc) is 3.11. The highest BCUT2D eigenvalue weighted by Crippen LogP contribution is 2.37. The molecule has 1 heterocycles. The van der Waals surface area contributed by atoms with E-state index in [-0.39, 0.29) is 23.9 Å². The van der Waals surface area contributed by atoms with E-state index in [0.29, 0.717) is 5.75 Å². The second-order valence-electron chi connectivity index (χ2n) is 6.43. The Morgan fingerprint density at radius 1 is 1.12 bits per heavy atom. The van der Waals surface area contributed by atoms with Gasteiger partial charge in [0.1, 0.15) is 5.75 Å². The van der Waals surface area contributed by atoms with Gasteiger partial charge in [-0.3, -0.25) is 4.79 Å². The highest BCUT2D eigenvalue weighted by Gasteiger charge is 2.27. The van der Waals surface area contributed by atoms with E-state index in [1.165, 1.54) is 11.8 Å². The van der Waals surface area contributed by atoms with Gasteiger partial charge in [0.25, 0.3) is 0 Å². The van der Waals surface area contributed by atoms with Crippen LogP contribution in [-0.2, 0) is 10.3 Å². The number of carbonyl (C=O) groups excluding carboxylic acids is 1. The number of rotatable bonds is 6. The van der Waals surface area contributed by atoms with Crippen LogP contribution in [0, 0.1) is 0 Å². The molecular formula is C21H24ClNO2S. The van der Waals surface area contributed by atoms with Gasteiger partial charge < -0.3 is 10.1 Å². The normalized spacial score (nSPS) is 12.9. The van der Waals surface area contributed by atoms with Crippen LogP contribution in [0.4, 0.5) is 5.69 Å². The second kappa shape index (κ2) is 8.56. The fourth-order valence-corrected chi connectivity index (χ4v) is 4.15. The van der Waals surface area contributed by atoms with Gasteiger partial charge in [-0.25, -0.2) is 0 Å². The number of benzene rings is 2. The molecule has 0 spiro atoms. The number of nitrogens with one attached hydrogen (secondary N) is 1. The summed E-state index contributed by atoms with van der Waals surface area (Å²) in [5.74, 6) is 0.294. The van der Waals surface area contributed by atoms with Crippen molar-refractivity contribution < 1.29 is 9.53 Å². The van der Waals surface area contributed by atoms with Crippen LogP contribution >= 0.6 is 23.7 Å². The molecular weight excluding hydrogens is 366 g/mol. The van der Waals surface area contributed by atoms with Crippen molar-refractivity contribution in [1.82, 2.24) is 0 Å². The van der Waals surface area contributed by atoms with Crippen LogP contribution < -0.4 is 10.1 Å². The summed E-state index contributed by atoms with van der Waals surface area (Å²) in [6.07, 6.45) is 2.12. The molecule has 2 aromatic carbocycles. The molecule has 1 N–H and O–H groups in total. The molecule has 0 aliphatic rings. The Balaban J connectivity index is 0.00000243. The molecule has 1 atom stereocenters. The molecule has 0 saturated heterocycles. The highest BCUT2D eigenvalue weighted by molar-refractivity contribution is 7.10. The standard InChI is InChI=1S/C21H23NO2S.ClH/c1-4-13-21(3,20-12-7-14-25-20)22-18-10-5-9-17-16(18)8-6-11-19(17)24-15(2)23;/h5-12,14,22H,4,13H2,1-3H3;1H. The number of ether oxygens (including phenoxy) is 1. The molecule has 5 heteroatoms. The molecule has 0 fully saturated rings. The van der Waals surface area contributed by atoms with E-state index in [1.807, 2.05) is 24.3 Å². The summed E-state index contributed by atoms with van der Waals surface area (Å²) in [4.78, 5) is 12.7. The molecule has 3 nitrogen and oxygen atoms in total. The second-order valence-corrected chi connectivity index (χ2v) is 7.38. The van der Waals surface area contributed by atoms with Gasteiger partial charge in [-0.2, -0.15) is 0 Å². The fourth-order valence-electron chi connectivity index (χ4n) is 3.27. The van der Waals surface area contributed by atoms with Gasteiger partial charge >= 0.3 is 5.97 Å². The average molecular weight is 390 g/mol. The number of esters is 1. The Morgan fingerprint density at radius 3 is 2.50 bits per heavy atom. The van der Waals surface area contributed by atoms with Crippen LogP contribution in [0.1, 0.15) is 38.5 Å². The van der Waals surface area contributed by atoms with Gasteiger partial charge in [0, 0.05) is 28.3 Å². The Morgan fingerprint density at radius 2 is 1.85 bits per heavy atom. The number of anilines is 1. The maximum Gasteiger partial charge on any atom is 0.308 e. The van der Waals surface area contributed by atoms with E-state index >= 15 is 0 Å². The first-order valence-electron chi connectivity index (χ1n) is 8.56. The molecule has 0 radical (unpaired) electrons. The fraction of sp³-hybridized carbons (Fsp3) is 0.286. The maximum absolute atomic E-state index is 11.4. The van der Waals surface area contributed by atoms with E-state index in [1.54, 1.807) is 11.3 Å². The predicted molar refractivity (Wildman–Crippen MR) is 113 cm³/mol. The van der Waals surface area contributed by atoms with Crippen LogP contribution in [0.3, 0.4) is 0 Å². The highest BCUT2D eigenvalue weighted by atomic mass is 35.5. The lowest BCUT2D eigenvalue weighted by Crippen LogP contribution is -2.30. The third-order valence-electron chi connectivity index (χ3n) is 4.36. The third kappa shape index (κ3) is 4.19. The van der Waals surface area contributed by atoms with E-state index in [9.17, 15) is 4.79 Å². The molecule has 138 valence electrons. The Hall–Kier alpha value is -2.04. The minimum Gasteiger partial charge on any atom is -0.426 e. The van der Waals surface area contributed by atoms with Crippen molar-refractivity contribution in [3.05, 3.63) is 58.8 Å². The van der Waals surface area contributed by atoms with Gasteiger partial charge in [0.05, 0.1) is 5.54 Å². The summed E-state index contributed by atoms with van der Waals surface area (Å²) in [5.41, 5.74) is 0.921. The molecule has 0 aliphatic carbocycles. The summed E-state index contributed by atoms with van der Waals surface area (Å²) < 4.78 is 5.37. The molecule has 3 aromatic rings. The minimum atomic E-state index is -0.305. The largest absolute Gasteiger partial charge is 0.426 e. The van der Waals surface area contributed by atoms with Gasteiger partial charge in [0.15, 0.2) is 0 Å².